The molecule has 5 rings (SSSR count). The van der Waals surface area contributed by atoms with E-state index in [9.17, 15) is 18.0 Å². The topological polar surface area (TPSA) is 85.0 Å². The lowest BCUT2D eigenvalue weighted by Crippen LogP contribution is -2.42. The summed E-state index contributed by atoms with van der Waals surface area (Å²) in [5, 5.41) is 5.09. The van der Waals surface area contributed by atoms with Crippen LogP contribution < -0.4 is 9.64 Å². The van der Waals surface area contributed by atoms with Crippen LogP contribution in [0.4, 0.5) is 23.7 Å². The fourth-order valence-corrected chi connectivity index (χ4v) is 6.31. The van der Waals surface area contributed by atoms with Crippen molar-refractivity contribution in [3.63, 3.8) is 0 Å². The van der Waals surface area contributed by atoms with E-state index in [-0.39, 0.29) is 11.8 Å². The Bertz CT molecular complexity index is 1680. The molecule has 0 radical (unpaired) electrons. The van der Waals surface area contributed by atoms with Gasteiger partial charge in [0.05, 0.1) is 5.69 Å². The first kappa shape index (κ1) is 31.0. The number of halogens is 3. The van der Waals surface area contributed by atoms with Gasteiger partial charge in [0.2, 0.25) is 0 Å². The first-order valence-electron chi connectivity index (χ1n) is 14.0. The van der Waals surface area contributed by atoms with E-state index in [1.807, 2.05) is 24.3 Å². The van der Waals surface area contributed by atoms with Gasteiger partial charge in [0.25, 0.3) is 0 Å². The molecule has 228 valence electrons. The van der Waals surface area contributed by atoms with Gasteiger partial charge in [0.15, 0.2) is 11.0 Å². The van der Waals surface area contributed by atoms with Gasteiger partial charge in [-0.1, -0.05) is 53.7 Å². The van der Waals surface area contributed by atoms with Gasteiger partial charge in [0.1, 0.15) is 12.1 Å². The highest BCUT2D eigenvalue weighted by Crippen LogP contribution is 2.34. The summed E-state index contributed by atoms with van der Waals surface area (Å²) in [7, 11) is 0. The van der Waals surface area contributed by atoms with Crippen LogP contribution in [0.1, 0.15) is 35.6 Å². The summed E-state index contributed by atoms with van der Waals surface area (Å²) in [4.78, 5) is 27.7. The number of amides is 2. The average molecular weight is 621 g/mol. The molecule has 1 aliphatic heterocycles. The number of anilines is 1. The zero-order valence-electron chi connectivity index (χ0n) is 24.7. The minimum Gasteiger partial charge on any atom is -0.406 e. The molecule has 0 spiro atoms. The van der Waals surface area contributed by atoms with Gasteiger partial charge in [-0.25, -0.2) is 19.5 Å². The number of aryl methyl sites for hydroxylation is 3. The summed E-state index contributed by atoms with van der Waals surface area (Å²) in [6.07, 6.45) is -0.276. The molecule has 0 bridgehead atoms. The zero-order chi connectivity index (χ0) is 31.4. The molecule has 0 aliphatic carbocycles. The number of rotatable bonds is 6. The highest BCUT2D eigenvalue weighted by atomic mass is 32.2. The summed E-state index contributed by atoms with van der Waals surface area (Å²) >= 11 is 1.57. The van der Waals surface area contributed by atoms with Gasteiger partial charge >= 0.3 is 12.4 Å². The molecule has 1 aromatic heterocycles. The summed E-state index contributed by atoms with van der Waals surface area (Å²) in [5.74, 6) is 1.03. The molecule has 2 amide bonds. The summed E-state index contributed by atoms with van der Waals surface area (Å²) in [5.41, 5.74) is 6.83. The standard InChI is InChI=1S/C32H31F3N6O2S/c1-20-17-21(2)28(22(3)18-20)41-23(4)14-16-44-31(41)38-30(42)36-15-13-24-5-7-25(8-6-24)29-37-19-40(39-29)26-9-11-27(12-10-26)43-32(33,34)35/h5-12,15,17-19,23H,13-14,16H2,1-4H3. The number of carbonyl (C=O) groups excluding carboxylic acids is 1. The number of nitrogens with zero attached hydrogens (tertiary/aromatic N) is 6. The number of hydrogen-bond acceptors (Lipinski definition) is 5. The van der Waals surface area contributed by atoms with Crippen molar-refractivity contribution in [1.29, 1.82) is 0 Å². The lowest BCUT2D eigenvalue weighted by Gasteiger charge is -2.37. The SMILES string of the molecule is Cc1cc(C)c(N2C(=NC(=O)N=CCc3ccc(-c4ncn(-c5ccc(OC(F)(F)F)cc5)n4)cc3)SCCC2C)c(C)c1. The third-order valence-electron chi connectivity index (χ3n) is 7.05. The normalized spacial score (nSPS) is 16.6. The van der Waals surface area contributed by atoms with E-state index in [0.717, 1.165) is 40.1 Å². The van der Waals surface area contributed by atoms with E-state index in [1.54, 1.807) is 18.0 Å². The predicted octanol–water partition coefficient (Wildman–Crippen LogP) is 7.88. The summed E-state index contributed by atoms with van der Waals surface area (Å²) in [6.45, 7) is 8.41. The molecule has 44 heavy (non-hydrogen) atoms. The number of aromatic nitrogens is 3. The van der Waals surface area contributed by atoms with Crippen LogP contribution in [0, 0.1) is 20.8 Å². The molecular weight excluding hydrogens is 589 g/mol. The van der Waals surface area contributed by atoms with Crippen molar-refractivity contribution in [3.05, 3.63) is 89.2 Å². The minimum absolute atomic E-state index is 0.213. The number of thioether (sulfide) groups is 1. The molecule has 3 aromatic carbocycles. The van der Waals surface area contributed by atoms with Crippen molar-refractivity contribution in [2.45, 2.75) is 52.9 Å². The predicted molar refractivity (Wildman–Crippen MR) is 168 cm³/mol. The zero-order valence-corrected chi connectivity index (χ0v) is 25.5. The van der Waals surface area contributed by atoms with Crippen molar-refractivity contribution >= 4 is 34.9 Å². The maximum atomic E-state index is 12.7. The van der Waals surface area contributed by atoms with Crippen molar-refractivity contribution in [2.24, 2.45) is 9.98 Å². The lowest BCUT2D eigenvalue weighted by atomic mass is 10.0. The third-order valence-corrected chi connectivity index (χ3v) is 8.03. The van der Waals surface area contributed by atoms with Crippen LogP contribution in [0.25, 0.3) is 17.1 Å². The first-order valence-corrected chi connectivity index (χ1v) is 15.0. The van der Waals surface area contributed by atoms with E-state index < -0.39 is 12.4 Å². The van der Waals surface area contributed by atoms with Gasteiger partial charge in [-0.2, -0.15) is 4.99 Å². The molecule has 0 saturated carbocycles. The van der Waals surface area contributed by atoms with Gasteiger partial charge in [-0.15, -0.1) is 18.3 Å². The third kappa shape index (κ3) is 7.54. The monoisotopic (exact) mass is 620 g/mol. The molecule has 1 aliphatic rings. The largest absolute Gasteiger partial charge is 0.573 e. The number of hydrogen-bond donors (Lipinski definition) is 0. The average Bonchev–Trinajstić information content (AvgIpc) is 3.44. The number of urea groups is 1. The van der Waals surface area contributed by atoms with E-state index in [2.05, 4.69) is 69.5 Å². The Kier molecular flexibility index (Phi) is 9.19. The van der Waals surface area contributed by atoms with Crippen molar-refractivity contribution < 1.29 is 22.7 Å². The fourth-order valence-electron chi connectivity index (χ4n) is 5.11. The van der Waals surface area contributed by atoms with E-state index in [1.165, 1.54) is 40.8 Å². The molecule has 1 unspecified atom stereocenters. The Morgan fingerprint density at radius 2 is 1.75 bits per heavy atom. The van der Waals surface area contributed by atoms with Crippen molar-refractivity contribution in [2.75, 3.05) is 10.7 Å². The second-order valence-electron chi connectivity index (χ2n) is 10.5. The molecule has 1 saturated heterocycles. The molecular formula is C32H31F3N6O2S. The summed E-state index contributed by atoms with van der Waals surface area (Å²) < 4.78 is 42.6. The van der Waals surface area contributed by atoms with Crippen LogP contribution in [0.3, 0.4) is 0 Å². The summed E-state index contributed by atoms with van der Waals surface area (Å²) in [6, 6.07) is 16.8. The lowest BCUT2D eigenvalue weighted by molar-refractivity contribution is -0.274. The molecule has 2 heterocycles. The molecule has 1 fully saturated rings. The van der Waals surface area contributed by atoms with Gasteiger partial charge in [-0.05, 0) is 75.1 Å². The highest BCUT2D eigenvalue weighted by molar-refractivity contribution is 8.14. The fraction of sp³-hybridized carbons (Fsp3) is 0.281. The molecule has 1 atom stereocenters. The second kappa shape index (κ2) is 13.0. The second-order valence-corrected chi connectivity index (χ2v) is 11.6. The van der Waals surface area contributed by atoms with Crippen LogP contribution in [0.15, 0.2) is 77.0 Å². The smallest absolute Gasteiger partial charge is 0.406 e. The van der Waals surface area contributed by atoms with E-state index in [4.69, 9.17) is 0 Å². The maximum Gasteiger partial charge on any atom is 0.573 e. The molecule has 8 nitrogen and oxygen atoms in total. The maximum absolute atomic E-state index is 12.7. The van der Waals surface area contributed by atoms with Crippen molar-refractivity contribution in [1.82, 2.24) is 14.8 Å². The quantitative estimate of drug-likeness (QED) is 0.204. The Labute approximate surface area is 257 Å². The Morgan fingerprint density at radius 3 is 2.41 bits per heavy atom. The number of ether oxygens (including phenoxy) is 1. The van der Waals surface area contributed by atoms with E-state index in [0.29, 0.717) is 23.1 Å². The van der Waals surface area contributed by atoms with Crippen LogP contribution in [-0.2, 0) is 6.42 Å². The number of carbonyl (C=O) groups is 1. The minimum atomic E-state index is -4.75. The van der Waals surface area contributed by atoms with Crippen LogP contribution in [-0.4, -0.2) is 50.3 Å². The van der Waals surface area contributed by atoms with Crippen LogP contribution in [0.5, 0.6) is 5.75 Å². The van der Waals surface area contributed by atoms with Crippen LogP contribution in [0.2, 0.25) is 0 Å². The number of amidine groups is 1. The van der Waals surface area contributed by atoms with Gasteiger partial charge < -0.3 is 9.64 Å². The Balaban J connectivity index is 1.22. The van der Waals surface area contributed by atoms with Gasteiger partial charge in [0, 0.05) is 35.7 Å². The first-order chi connectivity index (χ1) is 21.0. The molecule has 0 N–H and O–H groups in total. The Morgan fingerprint density at radius 1 is 1.07 bits per heavy atom. The number of benzene rings is 3. The van der Waals surface area contributed by atoms with E-state index >= 15 is 0 Å². The highest BCUT2D eigenvalue weighted by Gasteiger charge is 2.31. The van der Waals surface area contributed by atoms with Crippen molar-refractivity contribution in [3.8, 4) is 22.8 Å². The van der Waals surface area contributed by atoms with Gasteiger partial charge in [-0.3, -0.25) is 0 Å². The Hall–Kier alpha value is -4.45. The molecule has 4 aromatic rings. The number of alkyl halides is 3. The molecule has 12 heteroatoms. The number of aliphatic imine (C=N–C) groups is 2. The van der Waals surface area contributed by atoms with Crippen LogP contribution >= 0.6 is 11.8 Å².